The van der Waals surface area contributed by atoms with Crippen LogP contribution in [0, 0.1) is 16.0 Å². The van der Waals surface area contributed by atoms with Crippen molar-refractivity contribution in [2.75, 3.05) is 24.2 Å². The van der Waals surface area contributed by atoms with E-state index in [2.05, 4.69) is 9.97 Å². The van der Waals surface area contributed by atoms with Gasteiger partial charge in [0.2, 0.25) is 5.82 Å². The number of carboxylic acid groups (broad SMARTS) is 1. The quantitative estimate of drug-likeness (QED) is 0.539. The zero-order chi connectivity index (χ0) is 21.2. The Morgan fingerprint density at radius 2 is 1.86 bits per heavy atom. The molecule has 154 valence electrons. The number of hydrogen-bond acceptors (Lipinski definition) is 9. The Morgan fingerprint density at radius 1 is 1.24 bits per heavy atom. The van der Waals surface area contributed by atoms with E-state index in [-0.39, 0.29) is 22.3 Å². The molecule has 2 heterocycles. The molecule has 0 atom stereocenters. The van der Waals surface area contributed by atoms with E-state index in [4.69, 9.17) is 9.84 Å². The van der Waals surface area contributed by atoms with Gasteiger partial charge >= 0.3 is 17.5 Å². The van der Waals surface area contributed by atoms with Crippen LogP contribution in [0.3, 0.4) is 0 Å². The summed E-state index contributed by atoms with van der Waals surface area (Å²) in [5, 5.41) is 20.8. The second-order valence-electron chi connectivity index (χ2n) is 6.55. The Kier molecular flexibility index (Phi) is 5.64. The molecule has 12 heteroatoms. The molecule has 0 unspecified atom stereocenters. The van der Waals surface area contributed by atoms with E-state index in [1.165, 1.54) is 24.3 Å². The fourth-order valence-electron chi connectivity index (χ4n) is 3.02. The van der Waals surface area contributed by atoms with Crippen molar-refractivity contribution < 1.29 is 28.0 Å². The zero-order valence-electron chi connectivity index (χ0n) is 15.4. The van der Waals surface area contributed by atoms with E-state index in [0.717, 1.165) is 12.6 Å². The van der Waals surface area contributed by atoms with Crippen molar-refractivity contribution in [3.63, 3.8) is 0 Å². The van der Waals surface area contributed by atoms with Crippen molar-refractivity contribution in [2.24, 2.45) is 5.92 Å². The zero-order valence-corrected chi connectivity index (χ0v) is 16.2. The summed E-state index contributed by atoms with van der Waals surface area (Å²) in [6, 6.07) is 5.41. The van der Waals surface area contributed by atoms with Crippen LogP contribution in [0.15, 0.2) is 35.5 Å². The third kappa shape index (κ3) is 4.59. The monoisotopic (exact) mass is 422 g/mol. The molecule has 1 saturated heterocycles. The molecule has 0 saturated carbocycles. The van der Waals surface area contributed by atoms with Gasteiger partial charge in [0.05, 0.1) is 15.7 Å². The first-order valence-corrected chi connectivity index (χ1v) is 10.5. The first-order chi connectivity index (χ1) is 13.7. The number of carbonyl (C=O) groups is 1. The van der Waals surface area contributed by atoms with Gasteiger partial charge in [0.15, 0.2) is 9.84 Å². The SMILES string of the molecule is CS(=O)(=O)c1ccc(Oc2ncnc(N3CCC(C(=O)O)CC3)c2[N+](=O)[O-])cc1. The van der Waals surface area contributed by atoms with Crippen molar-refractivity contribution in [2.45, 2.75) is 17.7 Å². The summed E-state index contributed by atoms with van der Waals surface area (Å²) in [7, 11) is -3.38. The highest BCUT2D eigenvalue weighted by molar-refractivity contribution is 7.90. The predicted molar refractivity (Wildman–Crippen MR) is 101 cm³/mol. The number of rotatable bonds is 6. The second-order valence-corrected chi connectivity index (χ2v) is 8.57. The minimum Gasteiger partial charge on any atom is -0.481 e. The molecule has 0 spiro atoms. The molecule has 3 rings (SSSR count). The molecule has 1 aromatic carbocycles. The van der Waals surface area contributed by atoms with Gasteiger partial charge in [0.1, 0.15) is 12.1 Å². The van der Waals surface area contributed by atoms with E-state index >= 15 is 0 Å². The molecule has 1 aromatic heterocycles. The fourth-order valence-corrected chi connectivity index (χ4v) is 3.65. The molecule has 11 nitrogen and oxygen atoms in total. The lowest BCUT2D eigenvalue weighted by atomic mass is 9.97. The van der Waals surface area contributed by atoms with Crippen LogP contribution in [0.2, 0.25) is 0 Å². The van der Waals surface area contributed by atoms with Crippen LogP contribution in [0.1, 0.15) is 12.8 Å². The summed E-state index contributed by atoms with van der Waals surface area (Å²) in [5.74, 6) is -1.43. The summed E-state index contributed by atoms with van der Waals surface area (Å²) in [5.41, 5.74) is -0.437. The first kappa shape index (κ1) is 20.5. The van der Waals surface area contributed by atoms with Crippen LogP contribution in [0.5, 0.6) is 11.6 Å². The number of piperidine rings is 1. The highest BCUT2D eigenvalue weighted by Gasteiger charge is 2.32. The summed E-state index contributed by atoms with van der Waals surface area (Å²) in [6.45, 7) is 0.606. The Labute approximate surface area is 166 Å². The summed E-state index contributed by atoms with van der Waals surface area (Å²) < 4.78 is 28.6. The third-order valence-corrected chi connectivity index (χ3v) is 5.69. The van der Waals surface area contributed by atoms with Gasteiger partial charge in [-0.3, -0.25) is 14.9 Å². The lowest BCUT2D eigenvalue weighted by molar-refractivity contribution is -0.385. The standard InChI is InChI=1S/C17H18N4O7S/c1-29(26,27)13-4-2-12(3-5-13)28-16-14(21(24)25)15(18-10-19-16)20-8-6-11(7-9-20)17(22)23/h2-5,10-11H,6-9H2,1H3,(H,22,23). The number of hydrogen-bond donors (Lipinski definition) is 1. The molecule has 1 N–H and O–H groups in total. The van der Waals surface area contributed by atoms with Gasteiger partial charge in [-0.1, -0.05) is 0 Å². The van der Waals surface area contributed by atoms with Crippen molar-refractivity contribution >= 4 is 27.3 Å². The molecule has 1 aliphatic heterocycles. The number of nitro groups is 1. The number of aromatic nitrogens is 2. The van der Waals surface area contributed by atoms with Crippen LogP contribution in [-0.4, -0.2) is 53.7 Å². The number of sulfone groups is 1. The number of nitrogens with zero attached hydrogens (tertiary/aromatic N) is 4. The predicted octanol–water partition coefficient (Wildman–Crippen LogP) is 1.88. The number of carboxylic acids is 1. The molecule has 1 aliphatic rings. The van der Waals surface area contributed by atoms with E-state index in [0.29, 0.717) is 25.9 Å². The van der Waals surface area contributed by atoms with Gasteiger partial charge in [-0.2, -0.15) is 4.98 Å². The van der Waals surface area contributed by atoms with Crippen molar-refractivity contribution in [3.05, 3.63) is 40.7 Å². The minimum atomic E-state index is -3.38. The Bertz CT molecular complexity index is 1030. The average Bonchev–Trinajstić information content (AvgIpc) is 2.67. The summed E-state index contributed by atoms with van der Waals surface area (Å²) in [6.07, 6.45) is 2.89. The largest absolute Gasteiger partial charge is 0.481 e. The molecular weight excluding hydrogens is 404 g/mol. The molecule has 1 fully saturated rings. The Balaban J connectivity index is 1.88. The molecule has 29 heavy (non-hydrogen) atoms. The number of benzene rings is 1. The maximum absolute atomic E-state index is 11.7. The van der Waals surface area contributed by atoms with E-state index in [1.54, 1.807) is 4.90 Å². The molecule has 0 aliphatic carbocycles. The van der Waals surface area contributed by atoms with Gasteiger partial charge in [-0.05, 0) is 37.1 Å². The smallest absolute Gasteiger partial charge is 0.373 e. The average molecular weight is 422 g/mol. The minimum absolute atomic E-state index is 0.0524. The van der Waals surface area contributed by atoms with E-state index < -0.39 is 32.3 Å². The number of aliphatic carboxylic acids is 1. The van der Waals surface area contributed by atoms with Gasteiger partial charge in [-0.25, -0.2) is 13.4 Å². The molecule has 2 aromatic rings. The van der Waals surface area contributed by atoms with Crippen LogP contribution < -0.4 is 9.64 Å². The second kappa shape index (κ2) is 7.99. The Hall–Kier alpha value is -3.28. The Morgan fingerprint density at radius 3 is 2.38 bits per heavy atom. The molecule has 0 bridgehead atoms. The topological polar surface area (TPSA) is 153 Å². The molecular formula is C17H18N4O7S. The van der Waals surface area contributed by atoms with Crippen molar-refractivity contribution in [3.8, 4) is 11.6 Å². The maximum Gasteiger partial charge on any atom is 0.373 e. The van der Waals surface area contributed by atoms with E-state index in [1.807, 2.05) is 0 Å². The number of anilines is 1. The first-order valence-electron chi connectivity index (χ1n) is 8.62. The lowest BCUT2D eigenvalue weighted by Gasteiger charge is -2.30. The van der Waals surface area contributed by atoms with Crippen molar-refractivity contribution in [1.82, 2.24) is 9.97 Å². The van der Waals surface area contributed by atoms with Crippen LogP contribution in [-0.2, 0) is 14.6 Å². The normalized spacial score (nSPS) is 15.1. The van der Waals surface area contributed by atoms with Crippen LogP contribution >= 0.6 is 0 Å². The molecule has 0 amide bonds. The summed E-state index contributed by atoms with van der Waals surface area (Å²) in [4.78, 5) is 31.7. The van der Waals surface area contributed by atoms with Gasteiger partial charge < -0.3 is 14.7 Å². The molecule has 0 radical (unpaired) electrons. The lowest BCUT2D eigenvalue weighted by Crippen LogP contribution is -2.37. The van der Waals surface area contributed by atoms with Gasteiger partial charge in [0.25, 0.3) is 0 Å². The van der Waals surface area contributed by atoms with Crippen LogP contribution in [0.4, 0.5) is 11.5 Å². The number of ether oxygens (including phenoxy) is 1. The van der Waals surface area contributed by atoms with Crippen molar-refractivity contribution in [1.29, 1.82) is 0 Å². The fraction of sp³-hybridized carbons (Fsp3) is 0.353. The highest BCUT2D eigenvalue weighted by Crippen LogP contribution is 2.37. The van der Waals surface area contributed by atoms with Gasteiger partial charge in [-0.15, -0.1) is 0 Å². The third-order valence-electron chi connectivity index (χ3n) is 4.56. The highest BCUT2D eigenvalue weighted by atomic mass is 32.2. The van der Waals surface area contributed by atoms with Gasteiger partial charge in [0, 0.05) is 19.3 Å². The van der Waals surface area contributed by atoms with Crippen LogP contribution in [0.25, 0.3) is 0 Å². The summed E-state index contributed by atoms with van der Waals surface area (Å²) >= 11 is 0. The maximum atomic E-state index is 11.7. The van der Waals surface area contributed by atoms with E-state index in [9.17, 15) is 23.3 Å².